The molecule has 0 radical (unpaired) electrons. The van der Waals surface area contributed by atoms with Crippen molar-refractivity contribution in [2.45, 2.75) is 19.2 Å². The molecule has 1 amide bonds. The molecule has 1 aliphatic heterocycles. The lowest BCUT2D eigenvalue weighted by Crippen LogP contribution is -2.26. The Bertz CT molecular complexity index is 1840. The summed E-state index contributed by atoms with van der Waals surface area (Å²) >= 11 is 0. The van der Waals surface area contributed by atoms with E-state index in [2.05, 4.69) is 9.62 Å². The van der Waals surface area contributed by atoms with Gasteiger partial charge in [-0.05, 0) is 41.0 Å². The summed E-state index contributed by atoms with van der Waals surface area (Å²) < 4.78 is 53.3. The minimum Gasteiger partial charge on any atom is -0.478 e. The van der Waals surface area contributed by atoms with Crippen molar-refractivity contribution in [1.82, 2.24) is 14.5 Å². The Hall–Kier alpha value is -4.74. The molecule has 42 heavy (non-hydrogen) atoms. The average molecular weight is 581 g/mol. The highest BCUT2D eigenvalue weighted by Crippen LogP contribution is 2.46. The smallest absolute Gasteiger partial charge is 0.371 e. The highest BCUT2D eigenvalue weighted by atomic mass is 32.2. The number of amides is 1. The maximum atomic E-state index is 14.1. The Balaban J connectivity index is 1.55. The standard InChI is InChI=1S/C31H25BFN3O5S/c32-35-42(38,39)41-29-24-12-7-17-34-27(24)30(40-28(21-8-3-1-4-9-21)22-10-5-2-6-11-22)26-25(29)19-36(31(26)37)18-20-13-15-23(33)16-14-20/h1-17,28,35H,18-19,32H2. The molecule has 1 aliphatic rings. The van der Waals surface area contributed by atoms with Crippen molar-refractivity contribution >= 4 is 35.1 Å². The number of carbonyl (C=O) groups is 1. The van der Waals surface area contributed by atoms with Crippen molar-refractivity contribution < 1.29 is 26.5 Å². The molecule has 1 N–H and O–H groups in total. The molecule has 0 saturated heterocycles. The van der Waals surface area contributed by atoms with Gasteiger partial charge in [0.05, 0.1) is 12.1 Å². The summed E-state index contributed by atoms with van der Waals surface area (Å²) in [5, 5.41) is 0.376. The molecule has 2 heterocycles. The number of carbonyl (C=O) groups excluding carboxylic acids is 1. The Morgan fingerprint density at radius 3 is 2.17 bits per heavy atom. The SMILES string of the molecule is BNS(=O)(=O)Oc1c2c(c(OC(c3ccccc3)c3ccccc3)c3ncccc13)C(=O)N(Cc1ccc(F)cc1)C2. The van der Waals surface area contributed by atoms with Crippen LogP contribution in [0.25, 0.3) is 10.9 Å². The van der Waals surface area contributed by atoms with Gasteiger partial charge in [0.15, 0.2) is 11.5 Å². The van der Waals surface area contributed by atoms with E-state index in [0.29, 0.717) is 16.5 Å². The minimum atomic E-state index is -4.20. The van der Waals surface area contributed by atoms with Crippen LogP contribution in [0.2, 0.25) is 0 Å². The van der Waals surface area contributed by atoms with Gasteiger partial charge in [-0.3, -0.25) is 9.78 Å². The summed E-state index contributed by atoms with van der Waals surface area (Å²) in [5.41, 5.74) is 3.23. The molecule has 1 aromatic heterocycles. The van der Waals surface area contributed by atoms with Gasteiger partial charge in [0.2, 0.25) is 7.98 Å². The second kappa shape index (κ2) is 11.3. The van der Waals surface area contributed by atoms with E-state index < -0.39 is 16.4 Å². The first-order valence-corrected chi connectivity index (χ1v) is 14.6. The monoisotopic (exact) mass is 581 g/mol. The summed E-state index contributed by atoms with van der Waals surface area (Å²) in [5.74, 6) is -0.549. The van der Waals surface area contributed by atoms with E-state index in [-0.39, 0.29) is 47.4 Å². The lowest BCUT2D eigenvalue weighted by Gasteiger charge is -2.23. The topological polar surface area (TPSA) is 97.8 Å². The van der Waals surface area contributed by atoms with Crippen LogP contribution < -0.4 is 13.6 Å². The van der Waals surface area contributed by atoms with Crippen LogP contribution in [0.15, 0.2) is 103 Å². The third kappa shape index (κ3) is 5.31. The predicted octanol–water partition coefficient (Wildman–Crippen LogP) is 4.46. The average Bonchev–Trinajstić information content (AvgIpc) is 3.34. The van der Waals surface area contributed by atoms with E-state index in [9.17, 15) is 17.6 Å². The molecule has 0 fully saturated rings. The first-order valence-electron chi connectivity index (χ1n) is 13.2. The predicted molar refractivity (Wildman–Crippen MR) is 158 cm³/mol. The second-order valence-corrected chi connectivity index (χ2v) is 11.2. The van der Waals surface area contributed by atoms with Crippen molar-refractivity contribution in [3.63, 3.8) is 0 Å². The van der Waals surface area contributed by atoms with Crippen molar-refractivity contribution in [2.24, 2.45) is 0 Å². The van der Waals surface area contributed by atoms with Crippen molar-refractivity contribution in [2.75, 3.05) is 0 Å². The zero-order chi connectivity index (χ0) is 29.3. The van der Waals surface area contributed by atoms with Crippen molar-refractivity contribution in [3.05, 3.63) is 137 Å². The van der Waals surface area contributed by atoms with Crippen LogP contribution in [0.4, 0.5) is 4.39 Å². The number of halogens is 1. The summed E-state index contributed by atoms with van der Waals surface area (Å²) in [6, 6.07) is 28.4. The van der Waals surface area contributed by atoms with Gasteiger partial charge >= 0.3 is 10.3 Å². The number of nitrogens with zero attached hydrogens (tertiary/aromatic N) is 2. The zero-order valence-corrected chi connectivity index (χ0v) is 23.3. The summed E-state index contributed by atoms with van der Waals surface area (Å²) in [4.78, 5) is 20.2. The number of hydrogen-bond donors (Lipinski definition) is 1. The van der Waals surface area contributed by atoms with E-state index in [1.165, 1.54) is 20.1 Å². The highest BCUT2D eigenvalue weighted by molar-refractivity contribution is 7.86. The molecule has 0 atom stereocenters. The molecule has 0 bridgehead atoms. The Kier molecular flexibility index (Phi) is 7.36. The maximum Gasteiger partial charge on any atom is 0.371 e. The van der Waals surface area contributed by atoms with Gasteiger partial charge < -0.3 is 13.8 Å². The molecular weight excluding hydrogens is 556 g/mol. The van der Waals surface area contributed by atoms with Gasteiger partial charge in [0.25, 0.3) is 5.91 Å². The molecule has 8 nitrogen and oxygen atoms in total. The van der Waals surface area contributed by atoms with Crippen LogP contribution in [0.3, 0.4) is 0 Å². The summed E-state index contributed by atoms with van der Waals surface area (Å²) in [6.07, 6.45) is 0.946. The Morgan fingerprint density at radius 1 is 0.905 bits per heavy atom. The molecule has 0 spiro atoms. The van der Waals surface area contributed by atoms with E-state index in [1.807, 2.05) is 60.7 Å². The molecule has 11 heteroatoms. The van der Waals surface area contributed by atoms with E-state index in [1.54, 1.807) is 35.4 Å². The maximum absolute atomic E-state index is 14.1. The number of aromatic nitrogens is 1. The van der Waals surface area contributed by atoms with Crippen LogP contribution in [0.1, 0.15) is 38.7 Å². The van der Waals surface area contributed by atoms with Crippen molar-refractivity contribution in [1.29, 1.82) is 0 Å². The van der Waals surface area contributed by atoms with Crippen LogP contribution in [0.5, 0.6) is 11.5 Å². The van der Waals surface area contributed by atoms with Crippen LogP contribution >= 0.6 is 0 Å². The van der Waals surface area contributed by atoms with Gasteiger partial charge in [-0.2, -0.15) is 8.42 Å². The van der Waals surface area contributed by atoms with Crippen molar-refractivity contribution in [3.8, 4) is 11.5 Å². The Morgan fingerprint density at radius 2 is 1.55 bits per heavy atom. The van der Waals surface area contributed by atoms with Gasteiger partial charge in [-0.25, -0.2) is 9.02 Å². The van der Waals surface area contributed by atoms with Crippen LogP contribution in [0, 0.1) is 5.82 Å². The third-order valence-electron chi connectivity index (χ3n) is 7.09. The first kappa shape index (κ1) is 27.4. The van der Waals surface area contributed by atoms with Gasteiger partial charge in [0.1, 0.15) is 17.4 Å². The van der Waals surface area contributed by atoms with E-state index in [4.69, 9.17) is 8.92 Å². The number of ether oxygens (including phenoxy) is 1. The molecule has 0 unspecified atom stereocenters. The zero-order valence-electron chi connectivity index (χ0n) is 22.5. The summed E-state index contributed by atoms with van der Waals surface area (Å²) in [6.45, 7) is 0.207. The minimum absolute atomic E-state index is 0.000674. The quantitative estimate of drug-likeness (QED) is 0.258. The number of fused-ring (bicyclic) bond motifs is 2. The molecule has 6 rings (SSSR count). The van der Waals surface area contributed by atoms with E-state index >= 15 is 0 Å². The van der Waals surface area contributed by atoms with E-state index in [0.717, 1.165) is 11.1 Å². The molecular formula is C31H25BFN3O5S. The first-order chi connectivity index (χ1) is 20.3. The largest absolute Gasteiger partial charge is 0.478 e. The number of benzene rings is 4. The molecule has 210 valence electrons. The Labute approximate surface area is 243 Å². The van der Waals surface area contributed by atoms with Crippen LogP contribution in [-0.2, 0) is 23.4 Å². The number of rotatable bonds is 9. The molecule has 0 aliphatic carbocycles. The lowest BCUT2D eigenvalue weighted by molar-refractivity contribution is 0.0762. The number of pyridine rings is 1. The highest BCUT2D eigenvalue weighted by Gasteiger charge is 2.38. The number of nitrogens with one attached hydrogen (secondary N) is 1. The van der Waals surface area contributed by atoms with Crippen LogP contribution in [-0.4, -0.2) is 32.2 Å². The fraction of sp³-hybridized carbons (Fsp3) is 0.0968. The molecule has 5 aromatic rings. The fourth-order valence-electron chi connectivity index (χ4n) is 5.10. The van der Waals surface area contributed by atoms with Gasteiger partial charge in [-0.1, -0.05) is 72.8 Å². The van der Waals surface area contributed by atoms with Gasteiger partial charge in [0, 0.05) is 23.7 Å². The summed E-state index contributed by atoms with van der Waals surface area (Å²) in [7, 11) is -2.96. The second-order valence-electron chi connectivity index (χ2n) is 9.76. The number of hydrogen-bond acceptors (Lipinski definition) is 6. The fourth-order valence-corrected chi connectivity index (χ4v) is 5.59. The third-order valence-corrected chi connectivity index (χ3v) is 7.98. The normalized spacial score (nSPS) is 13.0. The lowest BCUT2D eigenvalue weighted by atomic mass is 9.99. The molecule has 4 aromatic carbocycles. The molecule has 0 saturated carbocycles. The van der Waals surface area contributed by atoms with Gasteiger partial charge in [-0.15, -0.1) is 0 Å².